The molecule has 42 heavy (non-hydrogen) atoms. The van der Waals surface area contributed by atoms with Crippen LogP contribution in [0, 0.1) is 0 Å². The number of rotatable bonds is 11. The van der Waals surface area contributed by atoms with Gasteiger partial charge in [-0.2, -0.15) is 4.31 Å². The van der Waals surface area contributed by atoms with E-state index in [9.17, 15) is 13.2 Å². The van der Waals surface area contributed by atoms with Gasteiger partial charge in [0.25, 0.3) is 5.91 Å². The minimum absolute atomic E-state index is 0.230. The van der Waals surface area contributed by atoms with E-state index in [1.54, 1.807) is 17.0 Å². The molecule has 8 nitrogen and oxygen atoms in total. The Labute approximate surface area is 247 Å². The third-order valence-corrected chi connectivity index (χ3v) is 8.27. The quantitative estimate of drug-likeness (QED) is 0.242. The Morgan fingerprint density at radius 1 is 0.643 bits per heavy atom. The fourth-order valence-corrected chi connectivity index (χ4v) is 5.49. The third-order valence-electron chi connectivity index (χ3n) is 6.96. The van der Waals surface area contributed by atoms with Crippen LogP contribution < -0.4 is 14.2 Å². The number of carbonyl (C=O) groups is 1. The van der Waals surface area contributed by atoms with E-state index in [0.717, 1.165) is 16.7 Å². The molecule has 4 aromatic rings. The average Bonchev–Trinajstić information content (AvgIpc) is 3.02. The highest BCUT2D eigenvalue weighted by Gasteiger charge is 2.28. The maximum atomic E-state index is 13.7. The zero-order valence-electron chi connectivity index (χ0n) is 23.5. The van der Waals surface area contributed by atoms with E-state index < -0.39 is 10.0 Å². The number of hydrogen-bond acceptors (Lipinski definition) is 6. The van der Waals surface area contributed by atoms with Gasteiger partial charge in [0.15, 0.2) is 11.5 Å². The molecule has 5 rings (SSSR count). The molecule has 0 radical (unpaired) electrons. The molecular weight excluding hydrogens is 552 g/mol. The summed E-state index contributed by atoms with van der Waals surface area (Å²) in [5.74, 6) is 0.952. The lowest BCUT2D eigenvalue weighted by Crippen LogP contribution is -2.50. The van der Waals surface area contributed by atoms with Crippen LogP contribution in [-0.4, -0.2) is 56.0 Å². The highest BCUT2D eigenvalue weighted by Crippen LogP contribution is 2.41. The lowest BCUT2D eigenvalue weighted by atomic mass is 10.1. The zero-order valence-corrected chi connectivity index (χ0v) is 24.3. The van der Waals surface area contributed by atoms with Gasteiger partial charge in [0.1, 0.15) is 19.8 Å². The lowest BCUT2D eigenvalue weighted by molar-refractivity contribution is 0.0697. The summed E-state index contributed by atoms with van der Waals surface area (Å²) in [6.45, 7) is 1.90. The highest BCUT2D eigenvalue weighted by molar-refractivity contribution is 7.88. The van der Waals surface area contributed by atoms with Crippen LogP contribution in [-0.2, 0) is 29.8 Å². The summed E-state index contributed by atoms with van der Waals surface area (Å²) in [5.41, 5.74) is 3.28. The number of nitrogens with zero attached hydrogens (tertiary/aromatic N) is 2. The van der Waals surface area contributed by atoms with Crippen molar-refractivity contribution >= 4 is 15.9 Å². The molecule has 0 saturated carbocycles. The van der Waals surface area contributed by atoms with Crippen LogP contribution >= 0.6 is 0 Å². The molecule has 0 spiro atoms. The molecule has 1 fully saturated rings. The van der Waals surface area contributed by atoms with Gasteiger partial charge in [-0.3, -0.25) is 4.79 Å². The van der Waals surface area contributed by atoms with Crippen molar-refractivity contribution in [2.75, 3.05) is 32.4 Å². The molecule has 0 aliphatic carbocycles. The van der Waals surface area contributed by atoms with Crippen LogP contribution in [0.15, 0.2) is 103 Å². The third kappa shape index (κ3) is 7.69. The van der Waals surface area contributed by atoms with E-state index in [1.807, 2.05) is 91.0 Å². The number of amides is 1. The molecular formula is C33H34N2O6S. The number of hydrogen-bond donors (Lipinski definition) is 0. The molecule has 9 heteroatoms. The Morgan fingerprint density at radius 3 is 1.45 bits per heavy atom. The smallest absolute Gasteiger partial charge is 0.254 e. The topological polar surface area (TPSA) is 85.4 Å². The number of carbonyl (C=O) groups excluding carboxylic acids is 1. The fraction of sp³-hybridized carbons (Fsp3) is 0.242. The van der Waals surface area contributed by atoms with E-state index in [0.29, 0.717) is 35.9 Å². The molecule has 1 amide bonds. The van der Waals surface area contributed by atoms with Gasteiger partial charge in [-0.05, 0) is 28.8 Å². The Kier molecular flexibility index (Phi) is 9.41. The maximum absolute atomic E-state index is 13.7. The molecule has 218 valence electrons. The number of benzene rings is 4. The summed E-state index contributed by atoms with van der Waals surface area (Å²) >= 11 is 0. The molecule has 0 aromatic heterocycles. The number of piperazine rings is 1. The summed E-state index contributed by atoms with van der Waals surface area (Å²) in [6, 6.07) is 32.7. The average molecular weight is 587 g/mol. The second-order valence-corrected chi connectivity index (χ2v) is 12.1. The molecule has 1 aliphatic rings. The molecule has 0 atom stereocenters. The second kappa shape index (κ2) is 13.5. The summed E-state index contributed by atoms with van der Waals surface area (Å²) in [4.78, 5) is 15.4. The minimum atomic E-state index is -3.32. The van der Waals surface area contributed by atoms with Gasteiger partial charge in [0, 0.05) is 31.7 Å². The molecule has 1 saturated heterocycles. The predicted molar refractivity (Wildman–Crippen MR) is 161 cm³/mol. The molecule has 0 unspecified atom stereocenters. The summed E-state index contributed by atoms with van der Waals surface area (Å²) in [7, 11) is -3.32. The van der Waals surface area contributed by atoms with Crippen molar-refractivity contribution in [2.24, 2.45) is 0 Å². The SMILES string of the molecule is CS(=O)(=O)N1CCN(C(=O)c2cc(OCc3ccccc3)c(OCc3ccccc3)c(OCc3ccccc3)c2)CC1. The Hall–Kier alpha value is -4.34. The largest absolute Gasteiger partial charge is 0.485 e. The number of sulfonamides is 1. The zero-order chi connectivity index (χ0) is 29.4. The lowest BCUT2D eigenvalue weighted by Gasteiger charge is -2.33. The van der Waals surface area contributed by atoms with E-state index in [4.69, 9.17) is 14.2 Å². The van der Waals surface area contributed by atoms with Gasteiger partial charge in [-0.25, -0.2) is 8.42 Å². The van der Waals surface area contributed by atoms with Gasteiger partial charge in [0.2, 0.25) is 15.8 Å². The van der Waals surface area contributed by atoms with Crippen LogP contribution in [0.2, 0.25) is 0 Å². The van der Waals surface area contributed by atoms with Crippen molar-refractivity contribution in [2.45, 2.75) is 19.8 Å². The summed E-state index contributed by atoms with van der Waals surface area (Å²) in [5, 5.41) is 0. The van der Waals surface area contributed by atoms with Crippen molar-refractivity contribution in [3.05, 3.63) is 125 Å². The van der Waals surface area contributed by atoms with Crippen molar-refractivity contribution in [3.63, 3.8) is 0 Å². The fourth-order valence-electron chi connectivity index (χ4n) is 4.66. The monoisotopic (exact) mass is 586 g/mol. The Bertz CT molecular complexity index is 1510. The molecule has 1 aliphatic heterocycles. The van der Waals surface area contributed by atoms with Crippen LogP contribution in [0.5, 0.6) is 17.2 Å². The van der Waals surface area contributed by atoms with Crippen LogP contribution in [0.3, 0.4) is 0 Å². The van der Waals surface area contributed by atoms with Crippen LogP contribution in [0.4, 0.5) is 0 Å². The first-order valence-electron chi connectivity index (χ1n) is 13.8. The van der Waals surface area contributed by atoms with E-state index in [-0.39, 0.29) is 38.8 Å². The van der Waals surface area contributed by atoms with Crippen molar-refractivity contribution in [3.8, 4) is 17.2 Å². The standard InChI is InChI=1S/C33H34N2O6S/c1-42(37,38)35-19-17-34(18-20-35)33(36)29-21-30(39-23-26-11-5-2-6-12-26)32(41-25-28-15-9-4-10-16-28)31(22-29)40-24-27-13-7-3-8-14-27/h2-16,21-22H,17-20,23-25H2,1H3. The molecule has 4 aromatic carbocycles. The summed E-state index contributed by atoms with van der Waals surface area (Å²) < 4.78 is 44.2. The molecule has 0 N–H and O–H groups in total. The van der Waals surface area contributed by atoms with Gasteiger partial charge >= 0.3 is 0 Å². The van der Waals surface area contributed by atoms with Crippen LogP contribution in [0.25, 0.3) is 0 Å². The first-order chi connectivity index (χ1) is 20.4. The second-order valence-electron chi connectivity index (χ2n) is 10.1. The first-order valence-corrected chi connectivity index (χ1v) is 15.6. The first kappa shape index (κ1) is 29.2. The van der Waals surface area contributed by atoms with Crippen molar-refractivity contribution < 1.29 is 27.4 Å². The van der Waals surface area contributed by atoms with E-state index in [2.05, 4.69) is 0 Å². The maximum Gasteiger partial charge on any atom is 0.254 e. The van der Waals surface area contributed by atoms with Crippen LogP contribution in [0.1, 0.15) is 27.0 Å². The Morgan fingerprint density at radius 2 is 1.05 bits per heavy atom. The van der Waals surface area contributed by atoms with Gasteiger partial charge < -0.3 is 19.1 Å². The van der Waals surface area contributed by atoms with Gasteiger partial charge in [0.05, 0.1) is 6.26 Å². The minimum Gasteiger partial charge on any atom is -0.485 e. The highest BCUT2D eigenvalue weighted by atomic mass is 32.2. The van der Waals surface area contributed by atoms with Crippen molar-refractivity contribution in [1.29, 1.82) is 0 Å². The summed E-state index contributed by atoms with van der Waals surface area (Å²) in [6.07, 6.45) is 1.19. The normalized spacial score (nSPS) is 13.9. The predicted octanol–water partition coefficient (Wildman–Crippen LogP) is 5.14. The molecule has 0 bridgehead atoms. The van der Waals surface area contributed by atoms with E-state index in [1.165, 1.54) is 10.6 Å². The molecule has 1 heterocycles. The van der Waals surface area contributed by atoms with Crippen molar-refractivity contribution in [1.82, 2.24) is 9.21 Å². The Balaban J connectivity index is 1.47. The van der Waals surface area contributed by atoms with Gasteiger partial charge in [-0.1, -0.05) is 91.0 Å². The van der Waals surface area contributed by atoms with E-state index >= 15 is 0 Å². The van der Waals surface area contributed by atoms with Gasteiger partial charge in [-0.15, -0.1) is 0 Å². The number of ether oxygens (including phenoxy) is 3.